The molecule has 1 aromatic carbocycles. The van der Waals surface area contributed by atoms with Gasteiger partial charge in [-0.25, -0.2) is 0 Å². The molecule has 0 aliphatic heterocycles. The number of hydrogen-bond donors (Lipinski definition) is 0. The van der Waals surface area contributed by atoms with Crippen LogP contribution in [0.1, 0.15) is 0 Å². The Hall–Kier alpha value is -0.380. The number of halogens is 2. The van der Waals surface area contributed by atoms with Gasteiger partial charge in [-0.05, 0) is 18.2 Å². The van der Waals surface area contributed by atoms with Gasteiger partial charge in [-0.15, -0.1) is 11.8 Å². The molecule has 0 unspecified atom stereocenters. The van der Waals surface area contributed by atoms with Crippen molar-refractivity contribution in [1.82, 2.24) is 4.90 Å². The van der Waals surface area contributed by atoms with E-state index >= 15 is 0 Å². The van der Waals surface area contributed by atoms with Crippen molar-refractivity contribution < 1.29 is 4.79 Å². The number of amides is 1. The zero-order valence-corrected chi connectivity index (χ0v) is 10.8. The Labute approximate surface area is 104 Å². The molecule has 0 radical (unpaired) electrons. The second kappa shape index (κ2) is 5.64. The van der Waals surface area contributed by atoms with Crippen LogP contribution in [0.5, 0.6) is 0 Å². The average Bonchev–Trinajstić information content (AvgIpc) is 2.18. The summed E-state index contributed by atoms with van der Waals surface area (Å²) in [4.78, 5) is 13.7. The van der Waals surface area contributed by atoms with E-state index in [4.69, 9.17) is 23.2 Å². The highest BCUT2D eigenvalue weighted by molar-refractivity contribution is 8.00. The Bertz CT molecular complexity index is 368. The third kappa shape index (κ3) is 3.93. The number of nitrogens with zero attached hydrogens (tertiary/aromatic N) is 1. The van der Waals surface area contributed by atoms with Gasteiger partial charge in [0.2, 0.25) is 5.91 Å². The highest BCUT2D eigenvalue weighted by Crippen LogP contribution is 2.29. The largest absolute Gasteiger partial charge is 0.348 e. The van der Waals surface area contributed by atoms with Crippen LogP contribution in [0, 0.1) is 0 Å². The van der Waals surface area contributed by atoms with Crippen molar-refractivity contribution in [1.29, 1.82) is 0 Å². The molecule has 0 atom stereocenters. The molecule has 0 aliphatic carbocycles. The molecule has 0 heterocycles. The molecule has 15 heavy (non-hydrogen) atoms. The van der Waals surface area contributed by atoms with E-state index in [-0.39, 0.29) is 5.91 Å². The van der Waals surface area contributed by atoms with Crippen molar-refractivity contribution in [3.63, 3.8) is 0 Å². The van der Waals surface area contributed by atoms with E-state index < -0.39 is 0 Å². The Morgan fingerprint density at radius 2 is 2.07 bits per heavy atom. The summed E-state index contributed by atoms with van der Waals surface area (Å²) in [6, 6.07) is 5.21. The van der Waals surface area contributed by atoms with Crippen LogP contribution in [0.25, 0.3) is 0 Å². The maximum Gasteiger partial charge on any atom is 0.232 e. The van der Waals surface area contributed by atoms with Crippen LogP contribution >= 0.6 is 35.0 Å². The maximum atomic E-state index is 11.3. The molecule has 0 bridgehead atoms. The first kappa shape index (κ1) is 12.7. The van der Waals surface area contributed by atoms with Gasteiger partial charge in [0.05, 0.1) is 10.8 Å². The third-order valence-electron chi connectivity index (χ3n) is 1.74. The van der Waals surface area contributed by atoms with E-state index in [1.807, 2.05) is 0 Å². The number of hydrogen-bond acceptors (Lipinski definition) is 2. The molecular weight excluding hydrogens is 253 g/mol. The standard InChI is InChI=1S/C10H11Cl2NOS/c1-13(2)10(14)6-15-9-5-7(11)3-4-8(9)12/h3-5H,6H2,1-2H3. The topological polar surface area (TPSA) is 20.3 Å². The monoisotopic (exact) mass is 263 g/mol. The summed E-state index contributed by atoms with van der Waals surface area (Å²) in [6.45, 7) is 0. The quantitative estimate of drug-likeness (QED) is 0.781. The van der Waals surface area contributed by atoms with Crippen LogP contribution in [0.4, 0.5) is 0 Å². The fourth-order valence-electron chi connectivity index (χ4n) is 0.856. The molecule has 0 saturated carbocycles. The molecule has 2 nitrogen and oxygen atoms in total. The summed E-state index contributed by atoms with van der Waals surface area (Å²) in [5.74, 6) is 0.420. The normalized spacial score (nSPS) is 10.1. The average molecular weight is 264 g/mol. The lowest BCUT2D eigenvalue weighted by atomic mass is 10.4. The van der Waals surface area contributed by atoms with Crippen LogP contribution < -0.4 is 0 Å². The SMILES string of the molecule is CN(C)C(=O)CSc1cc(Cl)ccc1Cl. The first-order chi connectivity index (χ1) is 7.00. The predicted octanol–water partition coefficient (Wildman–Crippen LogP) is 3.17. The van der Waals surface area contributed by atoms with Gasteiger partial charge in [-0.2, -0.15) is 0 Å². The van der Waals surface area contributed by atoms with Crippen LogP contribution in [0.15, 0.2) is 23.1 Å². The van der Waals surface area contributed by atoms with Crippen molar-refractivity contribution in [2.75, 3.05) is 19.8 Å². The zero-order chi connectivity index (χ0) is 11.4. The Morgan fingerprint density at radius 3 is 2.67 bits per heavy atom. The van der Waals surface area contributed by atoms with E-state index in [1.54, 1.807) is 37.2 Å². The van der Waals surface area contributed by atoms with Gasteiger partial charge in [0.1, 0.15) is 0 Å². The van der Waals surface area contributed by atoms with Gasteiger partial charge in [0, 0.05) is 24.0 Å². The number of thioether (sulfide) groups is 1. The molecule has 0 aliphatic rings. The molecule has 82 valence electrons. The molecule has 0 spiro atoms. The fraction of sp³-hybridized carbons (Fsp3) is 0.300. The summed E-state index contributed by atoms with van der Waals surface area (Å²) in [5, 5.41) is 1.25. The first-order valence-corrected chi connectivity index (χ1v) is 6.03. The lowest BCUT2D eigenvalue weighted by Gasteiger charge is -2.10. The number of rotatable bonds is 3. The third-order valence-corrected chi connectivity index (χ3v) is 3.46. The van der Waals surface area contributed by atoms with Gasteiger partial charge in [-0.3, -0.25) is 4.79 Å². The molecule has 0 saturated heterocycles. The highest BCUT2D eigenvalue weighted by atomic mass is 35.5. The fourth-order valence-corrected chi connectivity index (χ4v) is 2.33. The molecule has 1 aromatic rings. The number of carbonyl (C=O) groups excluding carboxylic acids is 1. The van der Waals surface area contributed by atoms with Crippen LogP contribution in [-0.2, 0) is 4.79 Å². The molecule has 0 aromatic heterocycles. The summed E-state index contributed by atoms with van der Waals surface area (Å²) >= 11 is 13.2. The minimum atomic E-state index is 0.0519. The number of benzene rings is 1. The lowest BCUT2D eigenvalue weighted by Crippen LogP contribution is -2.23. The highest BCUT2D eigenvalue weighted by Gasteiger charge is 2.07. The Morgan fingerprint density at radius 1 is 1.40 bits per heavy atom. The van der Waals surface area contributed by atoms with E-state index in [0.717, 1.165) is 4.90 Å². The maximum absolute atomic E-state index is 11.3. The molecule has 0 N–H and O–H groups in total. The molecule has 0 fully saturated rings. The van der Waals surface area contributed by atoms with Gasteiger partial charge < -0.3 is 4.90 Å². The summed E-state index contributed by atoms with van der Waals surface area (Å²) < 4.78 is 0. The molecule has 5 heteroatoms. The van der Waals surface area contributed by atoms with Gasteiger partial charge in [-0.1, -0.05) is 23.2 Å². The van der Waals surface area contributed by atoms with Gasteiger partial charge >= 0.3 is 0 Å². The lowest BCUT2D eigenvalue weighted by molar-refractivity contribution is -0.125. The van der Waals surface area contributed by atoms with Crippen LogP contribution in [0.3, 0.4) is 0 Å². The van der Waals surface area contributed by atoms with E-state index in [0.29, 0.717) is 15.8 Å². The van der Waals surface area contributed by atoms with E-state index in [1.165, 1.54) is 11.8 Å². The second-order valence-electron chi connectivity index (χ2n) is 3.15. The van der Waals surface area contributed by atoms with E-state index in [2.05, 4.69) is 0 Å². The van der Waals surface area contributed by atoms with Crippen molar-refractivity contribution >= 4 is 40.9 Å². The molecular formula is C10H11Cl2NOS. The van der Waals surface area contributed by atoms with Crippen molar-refractivity contribution in [3.05, 3.63) is 28.2 Å². The Kier molecular flexibility index (Phi) is 4.77. The Balaban J connectivity index is 2.65. The smallest absolute Gasteiger partial charge is 0.232 e. The second-order valence-corrected chi connectivity index (χ2v) is 5.01. The minimum absolute atomic E-state index is 0.0519. The number of carbonyl (C=O) groups is 1. The first-order valence-electron chi connectivity index (χ1n) is 4.28. The summed E-state index contributed by atoms with van der Waals surface area (Å²) in [5.41, 5.74) is 0. The predicted molar refractivity (Wildman–Crippen MR) is 65.9 cm³/mol. The summed E-state index contributed by atoms with van der Waals surface area (Å²) in [6.07, 6.45) is 0. The van der Waals surface area contributed by atoms with Crippen molar-refractivity contribution in [2.24, 2.45) is 0 Å². The van der Waals surface area contributed by atoms with E-state index in [9.17, 15) is 4.79 Å². The summed E-state index contributed by atoms with van der Waals surface area (Å²) in [7, 11) is 3.45. The van der Waals surface area contributed by atoms with Crippen molar-refractivity contribution in [3.8, 4) is 0 Å². The van der Waals surface area contributed by atoms with Crippen molar-refractivity contribution in [2.45, 2.75) is 4.90 Å². The molecule has 1 amide bonds. The zero-order valence-electron chi connectivity index (χ0n) is 8.46. The minimum Gasteiger partial charge on any atom is -0.348 e. The van der Waals surface area contributed by atoms with Gasteiger partial charge in [0.25, 0.3) is 0 Å². The van der Waals surface area contributed by atoms with Crippen LogP contribution in [-0.4, -0.2) is 30.7 Å². The molecule has 1 rings (SSSR count). The van der Waals surface area contributed by atoms with Crippen LogP contribution in [0.2, 0.25) is 10.0 Å². The van der Waals surface area contributed by atoms with Gasteiger partial charge in [0.15, 0.2) is 0 Å².